The van der Waals surface area contributed by atoms with E-state index in [0.29, 0.717) is 23.0 Å². The van der Waals surface area contributed by atoms with Crippen molar-refractivity contribution in [2.24, 2.45) is 5.16 Å². The van der Waals surface area contributed by atoms with Crippen LogP contribution in [0.25, 0.3) is 0 Å². The molecule has 0 spiro atoms. The summed E-state index contributed by atoms with van der Waals surface area (Å²) >= 11 is 0. The second-order valence-electron chi connectivity index (χ2n) is 4.00. The van der Waals surface area contributed by atoms with E-state index in [4.69, 9.17) is 14.7 Å². The number of methoxy groups -OCH3 is 1. The average Bonchev–Trinajstić information content (AvgIpc) is 2.53. The molecule has 20 heavy (non-hydrogen) atoms. The minimum absolute atomic E-state index is 0.254. The molecular formula is C14H15N3O3. The van der Waals surface area contributed by atoms with E-state index in [-0.39, 0.29) is 6.61 Å². The Balaban J connectivity index is 2.16. The van der Waals surface area contributed by atoms with Gasteiger partial charge in [-0.25, -0.2) is 9.97 Å². The fraction of sp³-hybridized carbons (Fsp3) is 0.214. The molecule has 0 radical (unpaired) electrons. The van der Waals surface area contributed by atoms with E-state index < -0.39 is 0 Å². The Hall–Kier alpha value is -2.63. The first-order valence-corrected chi connectivity index (χ1v) is 6.00. The third kappa shape index (κ3) is 3.23. The number of ether oxygens (including phenoxy) is 2. The smallest absolute Gasteiger partial charge is 0.166 e. The van der Waals surface area contributed by atoms with Crippen molar-refractivity contribution in [3.63, 3.8) is 0 Å². The van der Waals surface area contributed by atoms with Crippen LogP contribution >= 0.6 is 0 Å². The molecule has 0 fully saturated rings. The van der Waals surface area contributed by atoms with Crippen molar-refractivity contribution in [2.75, 3.05) is 7.11 Å². The summed E-state index contributed by atoms with van der Waals surface area (Å²) in [6.07, 6.45) is 3.32. The van der Waals surface area contributed by atoms with Gasteiger partial charge >= 0.3 is 0 Å². The van der Waals surface area contributed by atoms with E-state index in [1.54, 1.807) is 50.7 Å². The third-order valence-corrected chi connectivity index (χ3v) is 2.71. The number of oxime groups is 1. The lowest BCUT2D eigenvalue weighted by Crippen LogP contribution is -2.03. The summed E-state index contributed by atoms with van der Waals surface area (Å²) in [5, 5.41) is 11.9. The van der Waals surface area contributed by atoms with E-state index in [0.717, 1.165) is 5.56 Å². The highest BCUT2D eigenvalue weighted by atomic mass is 16.5. The van der Waals surface area contributed by atoms with Crippen molar-refractivity contribution in [3.8, 4) is 11.5 Å². The van der Waals surface area contributed by atoms with E-state index in [1.807, 2.05) is 0 Å². The highest BCUT2D eigenvalue weighted by Crippen LogP contribution is 2.28. The van der Waals surface area contributed by atoms with Crippen molar-refractivity contribution in [2.45, 2.75) is 13.5 Å². The first-order valence-electron chi connectivity index (χ1n) is 6.00. The van der Waals surface area contributed by atoms with Gasteiger partial charge in [0.2, 0.25) is 0 Å². The SMILES string of the molecule is COc1cc(C(C)=NO)ccc1OCc1ncccn1. The van der Waals surface area contributed by atoms with Gasteiger partial charge in [-0.15, -0.1) is 0 Å². The predicted molar refractivity (Wildman–Crippen MR) is 73.4 cm³/mol. The summed E-state index contributed by atoms with van der Waals surface area (Å²) < 4.78 is 10.9. The van der Waals surface area contributed by atoms with Crippen molar-refractivity contribution < 1.29 is 14.7 Å². The van der Waals surface area contributed by atoms with Gasteiger partial charge in [0.05, 0.1) is 12.8 Å². The predicted octanol–water partition coefficient (Wildman–Crippen LogP) is 2.26. The molecule has 2 rings (SSSR count). The monoisotopic (exact) mass is 273 g/mol. The van der Waals surface area contributed by atoms with Crippen LogP contribution in [0.5, 0.6) is 11.5 Å². The second-order valence-corrected chi connectivity index (χ2v) is 4.00. The first-order chi connectivity index (χ1) is 9.74. The zero-order valence-corrected chi connectivity index (χ0v) is 11.3. The second kappa shape index (κ2) is 6.51. The Morgan fingerprint density at radius 3 is 2.65 bits per heavy atom. The molecule has 1 aromatic heterocycles. The lowest BCUT2D eigenvalue weighted by molar-refractivity contribution is 0.276. The molecule has 0 bridgehead atoms. The molecule has 0 saturated heterocycles. The Bertz CT molecular complexity index is 600. The molecule has 6 nitrogen and oxygen atoms in total. The fourth-order valence-corrected chi connectivity index (χ4v) is 1.62. The van der Waals surface area contributed by atoms with Crippen LogP contribution in [0.3, 0.4) is 0 Å². The third-order valence-electron chi connectivity index (χ3n) is 2.71. The lowest BCUT2D eigenvalue weighted by atomic mass is 10.1. The molecule has 0 saturated carbocycles. The summed E-state index contributed by atoms with van der Waals surface area (Å²) in [6, 6.07) is 7.04. The summed E-state index contributed by atoms with van der Waals surface area (Å²) in [5.74, 6) is 1.72. The van der Waals surface area contributed by atoms with Crippen LogP contribution in [0.2, 0.25) is 0 Å². The topological polar surface area (TPSA) is 76.8 Å². The van der Waals surface area contributed by atoms with Crippen molar-refractivity contribution in [1.82, 2.24) is 9.97 Å². The Labute approximate surface area is 116 Å². The van der Waals surface area contributed by atoms with Gasteiger partial charge in [-0.3, -0.25) is 0 Å². The standard InChI is InChI=1S/C14H15N3O3/c1-10(17-18)11-4-5-12(13(8-11)19-2)20-9-14-15-6-3-7-16-14/h3-8,18H,9H2,1-2H3. The van der Waals surface area contributed by atoms with Gasteiger partial charge in [0, 0.05) is 18.0 Å². The fourth-order valence-electron chi connectivity index (χ4n) is 1.62. The molecule has 0 aliphatic carbocycles. The molecular weight excluding hydrogens is 258 g/mol. The molecule has 0 unspecified atom stereocenters. The normalized spacial score (nSPS) is 11.2. The van der Waals surface area contributed by atoms with Crippen LogP contribution in [-0.2, 0) is 6.61 Å². The van der Waals surface area contributed by atoms with Gasteiger partial charge in [-0.05, 0) is 31.2 Å². The number of benzene rings is 1. The van der Waals surface area contributed by atoms with Gasteiger partial charge in [0.25, 0.3) is 0 Å². The Kier molecular flexibility index (Phi) is 4.49. The molecule has 0 aliphatic heterocycles. The highest BCUT2D eigenvalue weighted by molar-refractivity contribution is 5.98. The van der Waals surface area contributed by atoms with E-state index in [9.17, 15) is 0 Å². The molecule has 1 aromatic carbocycles. The number of nitrogens with zero attached hydrogens (tertiary/aromatic N) is 3. The van der Waals surface area contributed by atoms with Gasteiger partial charge < -0.3 is 14.7 Å². The minimum atomic E-state index is 0.254. The van der Waals surface area contributed by atoms with Crippen molar-refractivity contribution >= 4 is 5.71 Å². The minimum Gasteiger partial charge on any atom is -0.493 e. The lowest BCUT2D eigenvalue weighted by Gasteiger charge is -2.11. The highest BCUT2D eigenvalue weighted by Gasteiger charge is 2.08. The van der Waals surface area contributed by atoms with Crippen LogP contribution < -0.4 is 9.47 Å². The van der Waals surface area contributed by atoms with E-state index in [2.05, 4.69) is 15.1 Å². The van der Waals surface area contributed by atoms with Crippen LogP contribution in [0.4, 0.5) is 0 Å². The number of hydrogen-bond donors (Lipinski definition) is 1. The largest absolute Gasteiger partial charge is 0.493 e. The maximum atomic E-state index is 8.77. The van der Waals surface area contributed by atoms with Crippen LogP contribution in [0.1, 0.15) is 18.3 Å². The molecule has 1 heterocycles. The summed E-state index contributed by atoms with van der Waals surface area (Å²) in [7, 11) is 1.55. The molecule has 0 aliphatic rings. The molecule has 0 atom stereocenters. The van der Waals surface area contributed by atoms with Crippen LogP contribution in [-0.4, -0.2) is 28.0 Å². The van der Waals surface area contributed by atoms with Crippen LogP contribution in [0.15, 0.2) is 41.8 Å². The first kappa shape index (κ1) is 13.8. The van der Waals surface area contributed by atoms with E-state index in [1.165, 1.54) is 0 Å². The van der Waals surface area contributed by atoms with Gasteiger partial charge in [0.1, 0.15) is 6.61 Å². The van der Waals surface area contributed by atoms with Crippen molar-refractivity contribution in [3.05, 3.63) is 48.0 Å². The maximum Gasteiger partial charge on any atom is 0.166 e. The Morgan fingerprint density at radius 1 is 1.25 bits per heavy atom. The summed E-state index contributed by atoms with van der Waals surface area (Å²) in [6.45, 7) is 1.96. The molecule has 2 aromatic rings. The van der Waals surface area contributed by atoms with Gasteiger partial charge in [-0.2, -0.15) is 0 Å². The molecule has 6 heteroatoms. The summed E-state index contributed by atoms with van der Waals surface area (Å²) in [4.78, 5) is 8.16. The number of aromatic nitrogens is 2. The van der Waals surface area contributed by atoms with Crippen LogP contribution in [0, 0.1) is 0 Å². The number of hydrogen-bond acceptors (Lipinski definition) is 6. The average molecular weight is 273 g/mol. The quantitative estimate of drug-likeness (QED) is 0.513. The van der Waals surface area contributed by atoms with Crippen molar-refractivity contribution in [1.29, 1.82) is 0 Å². The molecule has 0 amide bonds. The molecule has 1 N–H and O–H groups in total. The Morgan fingerprint density at radius 2 is 2.00 bits per heavy atom. The maximum absolute atomic E-state index is 8.77. The zero-order chi connectivity index (χ0) is 14.4. The zero-order valence-electron chi connectivity index (χ0n) is 11.3. The van der Waals surface area contributed by atoms with Gasteiger partial charge in [0.15, 0.2) is 17.3 Å². The molecule has 104 valence electrons. The number of rotatable bonds is 5. The van der Waals surface area contributed by atoms with Gasteiger partial charge in [-0.1, -0.05) is 5.16 Å². The van der Waals surface area contributed by atoms with E-state index >= 15 is 0 Å². The summed E-state index contributed by atoms with van der Waals surface area (Å²) in [5.41, 5.74) is 1.26.